The summed E-state index contributed by atoms with van der Waals surface area (Å²) in [6.45, 7) is 4.21. The first kappa shape index (κ1) is 13.1. The van der Waals surface area contributed by atoms with Crippen LogP contribution in [0.1, 0.15) is 19.4 Å². The number of hydrogen-bond acceptors (Lipinski definition) is 0. The van der Waals surface area contributed by atoms with Gasteiger partial charge in [0.2, 0.25) is 0 Å². The quantitative estimate of drug-likeness (QED) is 0.288. The lowest BCUT2D eigenvalue weighted by Crippen LogP contribution is -1.86. The van der Waals surface area contributed by atoms with E-state index in [1.165, 1.54) is 43.5 Å². The highest BCUT2D eigenvalue weighted by atomic mass is 14.1. The zero-order valence-corrected chi connectivity index (χ0v) is 12.9. The van der Waals surface area contributed by atoms with Gasteiger partial charge in [0.15, 0.2) is 0 Å². The van der Waals surface area contributed by atoms with Crippen LogP contribution in [0.25, 0.3) is 38.4 Å². The average Bonchev–Trinajstić information content (AvgIpc) is 2.54. The van der Waals surface area contributed by atoms with Crippen molar-refractivity contribution in [2.45, 2.75) is 13.8 Å². The predicted molar refractivity (Wildman–Crippen MR) is 98.6 cm³/mol. The molecule has 0 amide bonds. The largest absolute Gasteiger partial charge is 0.0874 e. The van der Waals surface area contributed by atoms with Crippen LogP contribution in [0.3, 0.4) is 0 Å². The van der Waals surface area contributed by atoms with Crippen LogP contribution in [0.2, 0.25) is 0 Å². The van der Waals surface area contributed by atoms with Crippen LogP contribution >= 0.6 is 0 Å². The van der Waals surface area contributed by atoms with E-state index in [0.29, 0.717) is 0 Å². The van der Waals surface area contributed by atoms with E-state index in [2.05, 4.69) is 86.7 Å². The lowest BCUT2D eigenvalue weighted by atomic mass is 9.91. The summed E-state index contributed by atoms with van der Waals surface area (Å²) in [7, 11) is 0. The van der Waals surface area contributed by atoms with E-state index >= 15 is 0 Å². The molecule has 0 unspecified atom stereocenters. The smallest absolute Gasteiger partial charge is 0.00208 e. The monoisotopic (exact) mass is 282 g/mol. The molecular weight excluding hydrogens is 264 g/mol. The summed E-state index contributed by atoms with van der Waals surface area (Å²) in [5, 5.41) is 8.07. The van der Waals surface area contributed by atoms with Crippen molar-refractivity contribution in [1.29, 1.82) is 0 Å². The molecule has 0 aliphatic carbocycles. The van der Waals surface area contributed by atoms with Crippen LogP contribution in [0.5, 0.6) is 0 Å². The molecule has 0 bridgehead atoms. The predicted octanol–water partition coefficient (Wildman–Crippen LogP) is 6.56. The van der Waals surface area contributed by atoms with Gasteiger partial charge in [0, 0.05) is 0 Å². The molecule has 0 aromatic heterocycles. The molecule has 0 aliphatic heterocycles. The SMILES string of the molecule is CC=CC(C)=Cc1ccc2ccc3cccc4ccc1c2c34. The molecule has 4 aromatic rings. The van der Waals surface area contributed by atoms with Gasteiger partial charge in [0.25, 0.3) is 0 Å². The highest BCUT2D eigenvalue weighted by Gasteiger charge is 2.09. The van der Waals surface area contributed by atoms with Gasteiger partial charge in [-0.15, -0.1) is 0 Å². The molecule has 0 heterocycles. The summed E-state index contributed by atoms with van der Waals surface area (Å²) in [4.78, 5) is 0. The van der Waals surface area contributed by atoms with Gasteiger partial charge in [0.1, 0.15) is 0 Å². The van der Waals surface area contributed by atoms with Crippen LogP contribution in [0.4, 0.5) is 0 Å². The van der Waals surface area contributed by atoms with E-state index in [4.69, 9.17) is 0 Å². The van der Waals surface area contributed by atoms with Gasteiger partial charge < -0.3 is 0 Å². The van der Waals surface area contributed by atoms with Crippen molar-refractivity contribution in [3.05, 3.63) is 77.9 Å². The van der Waals surface area contributed by atoms with Crippen molar-refractivity contribution >= 4 is 38.4 Å². The maximum atomic E-state index is 2.27. The van der Waals surface area contributed by atoms with Crippen molar-refractivity contribution in [2.75, 3.05) is 0 Å². The fraction of sp³-hybridized carbons (Fsp3) is 0.0909. The molecule has 4 rings (SSSR count). The third kappa shape index (κ3) is 1.92. The molecule has 0 saturated heterocycles. The van der Waals surface area contributed by atoms with E-state index in [1.54, 1.807) is 0 Å². The molecule has 0 atom stereocenters. The molecule has 0 heteroatoms. The Morgan fingerprint density at radius 2 is 1.41 bits per heavy atom. The van der Waals surface area contributed by atoms with E-state index in [-0.39, 0.29) is 0 Å². The van der Waals surface area contributed by atoms with Crippen molar-refractivity contribution in [2.24, 2.45) is 0 Å². The van der Waals surface area contributed by atoms with Gasteiger partial charge in [0.05, 0.1) is 0 Å². The second-order valence-corrected chi connectivity index (χ2v) is 5.90. The number of allylic oxidation sites excluding steroid dienone is 3. The molecule has 106 valence electrons. The molecule has 22 heavy (non-hydrogen) atoms. The normalized spacial score (nSPS) is 13.1. The first-order valence-electron chi connectivity index (χ1n) is 7.75. The standard InChI is InChI=1S/C22H18/c1-3-5-15(2)14-19-11-10-18-9-8-16-6-4-7-17-12-13-20(19)22(18)21(16)17/h3-14H,1-2H3. The minimum Gasteiger partial charge on any atom is -0.0874 e. The molecule has 0 radical (unpaired) electrons. The topological polar surface area (TPSA) is 0 Å². The number of benzene rings is 4. The molecule has 0 spiro atoms. The van der Waals surface area contributed by atoms with Crippen LogP contribution in [-0.4, -0.2) is 0 Å². The first-order valence-corrected chi connectivity index (χ1v) is 7.75. The summed E-state index contributed by atoms with van der Waals surface area (Å²) < 4.78 is 0. The van der Waals surface area contributed by atoms with E-state index in [1.807, 2.05) is 0 Å². The highest BCUT2D eigenvalue weighted by Crippen LogP contribution is 2.36. The third-order valence-electron chi connectivity index (χ3n) is 4.38. The van der Waals surface area contributed by atoms with Gasteiger partial charge in [-0.1, -0.05) is 78.4 Å². The maximum absolute atomic E-state index is 2.27. The highest BCUT2D eigenvalue weighted by molar-refractivity contribution is 6.24. The fourth-order valence-corrected chi connectivity index (χ4v) is 3.44. The van der Waals surface area contributed by atoms with E-state index in [9.17, 15) is 0 Å². The van der Waals surface area contributed by atoms with Crippen LogP contribution in [0.15, 0.2) is 72.3 Å². The Morgan fingerprint density at radius 1 is 0.773 bits per heavy atom. The maximum Gasteiger partial charge on any atom is -0.00208 e. The Hall–Kier alpha value is -2.60. The van der Waals surface area contributed by atoms with Crippen molar-refractivity contribution < 1.29 is 0 Å². The van der Waals surface area contributed by atoms with Gasteiger partial charge in [-0.3, -0.25) is 0 Å². The summed E-state index contributed by atoms with van der Waals surface area (Å²) in [5.74, 6) is 0. The van der Waals surface area contributed by atoms with Crippen LogP contribution in [0, 0.1) is 0 Å². The molecule has 0 N–H and O–H groups in total. The zero-order valence-electron chi connectivity index (χ0n) is 12.9. The van der Waals surface area contributed by atoms with Gasteiger partial charge in [-0.2, -0.15) is 0 Å². The summed E-state index contributed by atoms with van der Waals surface area (Å²) >= 11 is 0. The summed E-state index contributed by atoms with van der Waals surface area (Å²) in [6, 6.07) is 20.0. The molecule has 0 fully saturated rings. The minimum absolute atomic E-state index is 1.28. The fourth-order valence-electron chi connectivity index (χ4n) is 3.44. The lowest BCUT2D eigenvalue weighted by molar-refractivity contribution is 1.53. The Kier molecular flexibility index (Phi) is 2.97. The average molecular weight is 282 g/mol. The molecule has 0 nitrogen and oxygen atoms in total. The summed E-state index contributed by atoms with van der Waals surface area (Å²) in [5.41, 5.74) is 2.57. The van der Waals surface area contributed by atoms with Crippen molar-refractivity contribution in [1.82, 2.24) is 0 Å². The zero-order chi connectivity index (χ0) is 15.1. The molecule has 0 saturated carbocycles. The first-order chi connectivity index (χ1) is 10.8. The third-order valence-corrected chi connectivity index (χ3v) is 4.38. The van der Waals surface area contributed by atoms with Crippen molar-refractivity contribution in [3.8, 4) is 0 Å². The minimum atomic E-state index is 1.28. The Balaban J connectivity index is 2.15. The second kappa shape index (κ2) is 4.99. The Morgan fingerprint density at radius 3 is 2.14 bits per heavy atom. The molecule has 4 aromatic carbocycles. The van der Waals surface area contributed by atoms with E-state index < -0.39 is 0 Å². The van der Waals surface area contributed by atoms with Gasteiger partial charge >= 0.3 is 0 Å². The Bertz CT molecular complexity index is 1020. The Labute approximate surface area is 130 Å². The lowest BCUT2D eigenvalue weighted by Gasteiger charge is -2.12. The second-order valence-electron chi connectivity index (χ2n) is 5.90. The number of rotatable bonds is 2. The molecule has 0 aliphatic rings. The van der Waals surface area contributed by atoms with Gasteiger partial charge in [-0.25, -0.2) is 0 Å². The number of hydrogen-bond donors (Lipinski definition) is 0. The van der Waals surface area contributed by atoms with Gasteiger partial charge in [-0.05, 0) is 51.7 Å². The van der Waals surface area contributed by atoms with E-state index in [0.717, 1.165) is 0 Å². The summed E-state index contributed by atoms with van der Waals surface area (Å²) in [6.07, 6.45) is 6.51. The van der Waals surface area contributed by atoms with Crippen LogP contribution < -0.4 is 0 Å². The van der Waals surface area contributed by atoms with Crippen LogP contribution in [-0.2, 0) is 0 Å². The van der Waals surface area contributed by atoms with Crippen molar-refractivity contribution in [3.63, 3.8) is 0 Å². The molecular formula is C22H18.